The van der Waals surface area contributed by atoms with Crippen molar-refractivity contribution < 1.29 is 28.5 Å². The minimum Gasteiger partial charge on any atom is -0.486 e. The molecule has 1 unspecified atom stereocenters. The van der Waals surface area contributed by atoms with Crippen molar-refractivity contribution >= 4 is 11.7 Å². The summed E-state index contributed by atoms with van der Waals surface area (Å²) in [7, 11) is 0. The molecule has 138 valence electrons. The van der Waals surface area contributed by atoms with Crippen LogP contribution in [-0.2, 0) is 11.2 Å². The standard InChI is InChI=1S/C16H17N3O7/c1-3-4-14-17-15(26-18-14)9(2)25-16(20)10-7-12-13(24-6-5-23-12)8-11(10)19(21)22/h7-9H,3-6H2,1-2H3. The number of aryl methyl sites for hydroxylation is 1. The van der Waals surface area contributed by atoms with Crippen LogP contribution in [0.4, 0.5) is 5.69 Å². The molecule has 10 nitrogen and oxygen atoms in total. The van der Waals surface area contributed by atoms with Crippen molar-refractivity contribution in [1.82, 2.24) is 10.1 Å². The van der Waals surface area contributed by atoms with Crippen LogP contribution in [0.25, 0.3) is 0 Å². The summed E-state index contributed by atoms with van der Waals surface area (Å²) in [6, 6.07) is 2.40. The summed E-state index contributed by atoms with van der Waals surface area (Å²) in [6.45, 7) is 4.09. The molecule has 1 aromatic carbocycles. The van der Waals surface area contributed by atoms with E-state index >= 15 is 0 Å². The Morgan fingerprint density at radius 1 is 1.35 bits per heavy atom. The highest BCUT2D eigenvalue weighted by molar-refractivity contribution is 5.95. The van der Waals surface area contributed by atoms with Crippen LogP contribution in [0.1, 0.15) is 48.4 Å². The van der Waals surface area contributed by atoms with E-state index in [1.54, 1.807) is 6.92 Å². The van der Waals surface area contributed by atoms with Gasteiger partial charge in [0.15, 0.2) is 23.4 Å². The molecule has 0 saturated heterocycles. The first-order chi connectivity index (χ1) is 12.5. The summed E-state index contributed by atoms with van der Waals surface area (Å²) in [4.78, 5) is 27.2. The number of rotatable bonds is 6. The van der Waals surface area contributed by atoms with E-state index in [0.29, 0.717) is 12.2 Å². The van der Waals surface area contributed by atoms with Crippen molar-refractivity contribution in [2.75, 3.05) is 13.2 Å². The predicted molar refractivity (Wildman–Crippen MR) is 86.2 cm³/mol. The first-order valence-electron chi connectivity index (χ1n) is 8.11. The maximum Gasteiger partial charge on any atom is 0.346 e. The normalized spacial score (nSPS) is 13.9. The zero-order chi connectivity index (χ0) is 18.7. The van der Waals surface area contributed by atoms with Crippen LogP contribution in [0.3, 0.4) is 0 Å². The molecule has 2 aromatic rings. The summed E-state index contributed by atoms with van der Waals surface area (Å²) in [6.07, 6.45) is 0.627. The van der Waals surface area contributed by atoms with Gasteiger partial charge in [0, 0.05) is 12.5 Å². The van der Waals surface area contributed by atoms with E-state index in [0.717, 1.165) is 12.5 Å². The second-order valence-electron chi connectivity index (χ2n) is 5.62. The van der Waals surface area contributed by atoms with E-state index < -0.39 is 22.7 Å². The molecular formula is C16H17N3O7. The molecule has 0 amide bonds. The number of carbonyl (C=O) groups excluding carboxylic acids is 1. The topological polar surface area (TPSA) is 127 Å². The number of esters is 1. The Balaban J connectivity index is 1.83. The minimum atomic E-state index is -0.892. The number of nitro benzene ring substituents is 1. The lowest BCUT2D eigenvalue weighted by atomic mass is 10.1. The van der Waals surface area contributed by atoms with Gasteiger partial charge in [-0.1, -0.05) is 12.1 Å². The molecular weight excluding hydrogens is 346 g/mol. The number of benzene rings is 1. The van der Waals surface area contributed by atoms with Gasteiger partial charge < -0.3 is 18.7 Å². The first kappa shape index (κ1) is 17.6. The molecule has 0 saturated carbocycles. The van der Waals surface area contributed by atoms with Crippen molar-refractivity contribution in [1.29, 1.82) is 0 Å². The summed E-state index contributed by atoms with van der Waals surface area (Å²) in [5.74, 6) is 0.215. The van der Waals surface area contributed by atoms with E-state index in [1.807, 2.05) is 6.92 Å². The minimum absolute atomic E-state index is 0.127. The lowest BCUT2D eigenvalue weighted by Crippen LogP contribution is -2.17. The van der Waals surface area contributed by atoms with Gasteiger partial charge in [0.1, 0.15) is 18.8 Å². The van der Waals surface area contributed by atoms with E-state index in [-0.39, 0.29) is 36.2 Å². The number of aromatic nitrogens is 2. The van der Waals surface area contributed by atoms with E-state index in [1.165, 1.54) is 6.07 Å². The molecule has 1 aliphatic heterocycles. The molecule has 0 N–H and O–H groups in total. The molecule has 1 aliphatic rings. The Kier molecular flexibility index (Phi) is 5.01. The van der Waals surface area contributed by atoms with Crippen molar-refractivity contribution in [2.24, 2.45) is 0 Å². The van der Waals surface area contributed by atoms with Crippen molar-refractivity contribution in [2.45, 2.75) is 32.8 Å². The van der Waals surface area contributed by atoms with Gasteiger partial charge in [0.25, 0.3) is 11.6 Å². The smallest absolute Gasteiger partial charge is 0.346 e. The maximum atomic E-state index is 12.5. The van der Waals surface area contributed by atoms with Crippen LogP contribution >= 0.6 is 0 Å². The molecule has 0 spiro atoms. The van der Waals surface area contributed by atoms with E-state index in [4.69, 9.17) is 18.7 Å². The monoisotopic (exact) mass is 363 g/mol. The van der Waals surface area contributed by atoms with Crippen LogP contribution < -0.4 is 9.47 Å². The van der Waals surface area contributed by atoms with Crippen molar-refractivity contribution in [3.8, 4) is 11.5 Å². The third-order valence-electron chi connectivity index (χ3n) is 3.67. The number of hydrogen-bond acceptors (Lipinski definition) is 9. The Labute approximate surface area is 148 Å². The van der Waals surface area contributed by atoms with Crippen LogP contribution in [0.2, 0.25) is 0 Å². The predicted octanol–water partition coefficient (Wildman–Crippen LogP) is 2.62. The fourth-order valence-corrected chi connectivity index (χ4v) is 2.42. The van der Waals surface area contributed by atoms with Gasteiger partial charge >= 0.3 is 5.97 Å². The largest absolute Gasteiger partial charge is 0.486 e. The lowest BCUT2D eigenvalue weighted by molar-refractivity contribution is -0.385. The summed E-state index contributed by atoms with van der Waals surface area (Å²) in [5.41, 5.74) is -0.664. The zero-order valence-electron chi connectivity index (χ0n) is 14.3. The highest BCUT2D eigenvalue weighted by Gasteiger charge is 2.29. The highest BCUT2D eigenvalue weighted by Crippen LogP contribution is 2.37. The molecule has 0 bridgehead atoms. The molecule has 0 radical (unpaired) electrons. The first-order valence-corrected chi connectivity index (χ1v) is 8.11. The summed E-state index contributed by atoms with van der Waals surface area (Å²) >= 11 is 0. The average molecular weight is 363 g/mol. The maximum absolute atomic E-state index is 12.5. The van der Waals surface area contributed by atoms with Crippen LogP contribution in [-0.4, -0.2) is 34.2 Å². The molecule has 10 heteroatoms. The number of hydrogen-bond donors (Lipinski definition) is 0. The van der Waals surface area contributed by atoms with Crippen LogP contribution in [0, 0.1) is 10.1 Å². The molecule has 3 rings (SSSR count). The molecule has 0 aliphatic carbocycles. The molecule has 1 atom stereocenters. The molecule has 2 heterocycles. The third kappa shape index (κ3) is 3.58. The summed E-state index contributed by atoms with van der Waals surface area (Å²) in [5, 5.41) is 15.1. The van der Waals surface area contributed by atoms with E-state index in [2.05, 4.69) is 10.1 Å². The van der Waals surface area contributed by atoms with Crippen LogP contribution in [0.15, 0.2) is 16.7 Å². The highest BCUT2D eigenvalue weighted by atomic mass is 16.6. The fraction of sp³-hybridized carbons (Fsp3) is 0.438. The Bertz CT molecular complexity index is 833. The number of carbonyl (C=O) groups is 1. The number of fused-ring (bicyclic) bond motifs is 1. The van der Waals surface area contributed by atoms with Crippen molar-refractivity contribution in [3.05, 3.63) is 39.5 Å². The Morgan fingerprint density at radius 2 is 2.04 bits per heavy atom. The van der Waals surface area contributed by atoms with Gasteiger partial charge in [-0.15, -0.1) is 0 Å². The Morgan fingerprint density at radius 3 is 2.69 bits per heavy atom. The van der Waals surface area contributed by atoms with Gasteiger partial charge in [0.05, 0.1) is 11.0 Å². The fourth-order valence-electron chi connectivity index (χ4n) is 2.42. The second kappa shape index (κ2) is 7.38. The van der Waals surface area contributed by atoms with Gasteiger partial charge in [-0.25, -0.2) is 4.79 Å². The quantitative estimate of drug-likeness (QED) is 0.432. The molecule has 26 heavy (non-hydrogen) atoms. The van der Waals surface area contributed by atoms with Gasteiger partial charge in [0.2, 0.25) is 0 Å². The third-order valence-corrected chi connectivity index (χ3v) is 3.67. The number of nitrogens with zero attached hydrogens (tertiary/aromatic N) is 3. The SMILES string of the molecule is CCCc1noc(C(C)OC(=O)c2cc3c(cc2[N+](=O)[O-])OCCO3)n1. The van der Waals surface area contributed by atoms with Gasteiger partial charge in [-0.2, -0.15) is 4.98 Å². The summed E-state index contributed by atoms with van der Waals surface area (Å²) < 4.78 is 21.0. The molecule has 0 fully saturated rings. The number of ether oxygens (including phenoxy) is 3. The Hall–Kier alpha value is -3.17. The van der Waals surface area contributed by atoms with Gasteiger partial charge in [-0.3, -0.25) is 10.1 Å². The number of nitro groups is 1. The average Bonchev–Trinajstić information content (AvgIpc) is 3.09. The lowest BCUT2D eigenvalue weighted by Gasteiger charge is -2.19. The molecule has 1 aromatic heterocycles. The van der Waals surface area contributed by atoms with E-state index in [9.17, 15) is 14.9 Å². The second-order valence-corrected chi connectivity index (χ2v) is 5.62. The van der Waals surface area contributed by atoms with Gasteiger partial charge in [-0.05, 0) is 13.3 Å². The van der Waals surface area contributed by atoms with Crippen LogP contribution in [0.5, 0.6) is 11.5 Å². The van der Waals surface area contributed by atoms with Crippen molar-refractivity contribution in [3.63, 3.8) is 0 Å². The zero-order valence-corrected chi connectivity index (χ0v) is 14.3.